The molecule has 2 aromatic rings. The Labute approximate surface area is 161 Å². The number of rotatable bonds is 4. The number of aryl methyl sites for hydroxylation is 1. The lowest BCUT2D eigenvalue weighted by Crippen LogP contribution is -2.44. The van der Waals surface area contributed by atoms with Crippen molar-refractivity contribution in [1.29, 1.82) is 0 Å². The molecule has 0 unspecified atom stereocenters. The third-order valence-electron chi connectivity index (χ3n) is 6.90. The van der Waals surface area contributed by atoms with Gasteiger partial charge in [-0.05, 0) is 63.3 Å². The van der Waals surface area contributed by atoms with Crippen molar-refractivity contribution < 1.29 is 9.50 Å². The SMILES string of the molecule is CC[C@]1(O)CCC[C@H]2CN(Cc3c(C)nn(-c4ccc(F)cc4)c3C)C[C@H]21. The fourth-order valence-electron chi connectivity index (χ4n) is 5.25. The number of aromatic nitrogens is 2. The summed E-state index contributed by atoms with van der Waals surface area (Å²) in [6.45, 7) is 9.15. The quantitative estimate of drug-likeness (QED) is 0.883. The zero-order chi connectivity index (χ0) is 19.2. The number of hydrogen-bond donors (Lipinski definition) is 1. The minimum atomic E-state index is -0.486. The zero-order valence-electron chi connectivity index (χ0n) is 16.6. The third kappa shape index (κ3) is 3.32. The summed E-state index contributed by atoms with van der Waals surface area (Å²) >= 11 is 0. The van der Waals surface area contributed by atoms with Gasteiger partial charge in [-0.2, -0.15) is 5.10 Å². The van der Waals surface area contributed by atoms with E-state index in [9.17, 15) is 9.50 Å². The van der Waals surface area contributed by atoms with E-state index in [1.165, 1.54) is 24.1 Å². The van der Waals surface area contributed by atoms with E-state index in [1.807, 2.05) is 11.6 Å². The number of aliphatic hydroxyl groups is 1. The molecule has 146 valence electrons. The summed E-state index contributed by atoms with van der Waals surface area (Å²) in [5.74, 6) is 0.768. The van der Waals surface area contributed by atoms with E-state index in [-0.39, 0.29) is 5.82 Å². The Balaban J connectivity index is 1.55. The normalized spacial score (nSPS) is 28.5. The van der Waals surface area contributed by atoms with Crippen LogP contribution in [-0.2, 0) is 6.54 Å². The van der Waals surface area contributed by atoms with Gasteiger partial charge >= 0.3 is 0 Å². The largest absolute Gasteiger partial charge is 0.390 e. The second-order valence-electron chi connectivity index (χ2n) is 8.45. The number of halogens is 1. The zero-order valence-corrected chi connectivity index (χ0v) is 16.6. The van der Waals surface area contributed by atoms with Crippen LogP contribution in [0.3, 0.4) is 0 Å². The van der Waals surface area contributed by atoms with Crippen molar-refractivity contribution in [2.24, 2.45) is 11.8 Å². The molecule has 0 spiro atoms. The second-order valence-corrected chi connectivity index (χ2v) is 8.45. The fourth-order valence-corrected chi connectivity index (χ4v) is 5.25. The van der Waals surface area contributed by atoms with Crippen molar-refractivity contribution >= 4 is 0 Å². The summed E-state index contributed by atoms with van der Waals surface area (Å²) in [6.07, 6.45) is 4.16. The lowest BCUT2D eigenvalue weighted by molar-refractivity contribution is -0.0613. The van der Waals surface area contributed by atoms with E-state index in [1.54, 1.807) is 12.1 Å². The Kier molecular flexibility index (Phi) is 4.85. The van der Waals surface area contributed by atoms with Gasteiger partial charge in [-0.1, -0.05) is 13.3 Å². The van der Waals surface area contributed by atoms with Gasteiger partial charge in [-0.3, -0.25) is 4.90 Å². The van der Waals surface area contributed by atoms with E-state index >= 15 is 0 Å². The standard InChI is InChI=1S/C22H30FN3O/c1-4-22(27)11-5-6-17-12-25(14-21(17)22)13-20-15(2)24-26(16(20)3)19-9-7-18(23)8-10-19/h7-10,17,21,27H,4-6,11-14H2,1-3H3/t17-,21+,22-/m0/s1. The maximum absolute atomic E-state index is 13.2. The lowest BCUT2D eigenvalue weighted by Gasteiger charge is -2.40. The number of benzene rings is 1. The maximum atomic E-state index is 13.2. The minimum absolute atomic E-state index is 0.233. The molecule has 1 aromatic carbocycles. The Morgan fingerprint density at radius 3 is 2.67 bits per heavy atom. The van der Waals surface area contributed by atoms with E-state index < -0.39 is 5.60 Å². The molecule has 0 radical (unpaired) electrons. The van der Waals surface area contributed by atoms with Crippen LogP contribution in [0, 0.1) is 31.5 Å². The first kappa shape index (κ1) is 18.6. The van der Waals surface area contributed by atoms with E-state index in [2.05, 4.69) is 18.7 Å². The predicted octanol–water partition coefficient (Wildman–Crippen LogP) is 4.00. The highest BCUT2D eigenvalue weighted by atomic mass is 19.1. The topological polar surface area (TPSA) is 41.3 Å². The van der Waals surface area contributed by atoms with Gasteiger partial charge < -0.3 is 5.11 Å². The molecule has 5 heteroatoms. The number of hydrogen-bond acceptors (Lipinski definition) is 3. The Hall–Kier alpha value is -1.72. The monoisotopic (exact) mass is 371 g/mol. The van der Waals surface area contributed by atoms with E-state index in [0.717, 1.165) is 56.0 Å². The summed E-state index contributed by atoms with van der Waals surface area (Å²) < 4.78 is 15.2. The van der Waals surface area contributed by atoms with Crippen molar-refractivity contribution in [1.82, 2.24) is 14.7 Å². The highest BCUT2D eigenvalue weighted by Gasteiger charge is 2.47. The van der Waals surface area contributed by atoms with Crippen LogP contribution in [-0.4, -0.2) is 38.5 Å². The van der Waals surface area contributed by atoms with Crippen molar-refractivity contribution in [2.45, 2.75) is 58.6 Å². The second kappa shape index (κ2) is 7.02. The first-order valence-electron chi connectivity index (χ1n) is 10.2. The molecule has 2 fully saturated rings. The third-order valence-corrected chi connectivity index (χ3v) is 6.90. The number of likely N-dealkylation sites (tertiary alicyclic amines) is 1. The summed E-state index contributed by atoms with van der Waals surface area (Å²) in [6, 6.07) is 6.49. The molecule has 1 saturated carbocycles. The first-order valence-corrected chi connectivity index (χ1v) is 10.2. The minimum Gasteiger partial charge on any atom is -0.390 e. The highest BCUT2D eigenvalue weighted by molar-refractivity contribution is 5.37. The highest BCUT2D eigenvalue weighted by Crippen LogP contribution is 2.44. The summed E-state index contributed by atoms with van der Waals surface area (Å²) in [5, 5.41) is 15.8. The molecule has 1 aromatic heterocycles. The van der Waals surface area contributed by atoms with Crippen molar-refractivity contribution in [2.75, 3.05) is 13.1 Å². The van der Waals surface area contributed by atoms with Gasteiger partial charge in [0.25, 0.3) is 0 Å². The maximum Gasteiger partial charge on any atom is 0.123 e. The lowest BCUT2D eigenvalue weighted by atomic mass is 9.69. The van der Waals surface area contributed by atoms with Crippen LogP contribution in [0.2, 0.25) is 0 Å². The van der Waals surface area contributed by atoms with Crippen molar-refractivity contribution in [3.8, 4) is 5.69 Å². The van der Waals surface area contributed by atoms with Gasteiger partial charge in [0.2, 0.25) is 0 Å². The molecular weight excluding hydrogens is 341 g/mol. The van der Waals surface area contributed by atoms with E-state index in [4.69, 9.17) is 5.10 Å². The van der Waals surface area contributed by atoms with Crippen LogP contribution in [0.1, 0.15) is 49.6 Å². The van der Waals surface area contributed by atoms with Gasteiger partial charge in [0, 0.05) is 36.8 Å². The Morgan fingerprint density at radius 1 is 1.22 bits per heavy atom. The molecule has 0 bridgehead atoms. The molecule has 1 N–H and O–H groups in total. The van der Waals surface area contributed by atoms with Crippen molar-refractivity contribution in [3.63, 3.8) is 0 Å². The van der Waals surface area contributed by atoms with Crippen molar-refractivity contribution in [3.05, 3.63) is 47.0 Å². The Morgan fingerprint density at radius 2 is 1.96 bits per heavy atom. The average Bonchev–Trinajstić information content (AvgIpc) is 3.20. The van der Waals surface area contributed by atoms with Crippen LogP contribution in [0.4, 0.5) is 4.39 Å². The van der Waals surface area contributed by atoms with Crippen LogP contribution in [0.5, 0.6) is 0 Å². The molecular formula is C22H30FN3O. The first-order chi connectivity index (χ1) is 12.9. The molecule has 2 aliphatic rings. The van der Waals surface area contributed by atoms with Crippen LogP contribution in [0.15, 0.2) is 24.3 Å². The predicted molar refractivity (Wildman–Crippen MR) is 104 cm³/mol. The molecule has 1 saturated heterocycles. The number of fused-ring (bicyclic) bond motifs is 1. The molecule has 3 atom stereocenters. The van der Waals surface area contributed by atoms with Crippen LogP contribution < -0.4 is 0 Å². The summed E-state index contributed by atoms with van der Waals surface area (Å²) in [7, 11) is 0. The molecule has 1 aliphatic heterocycles. The smallest absolute Gasteiger partial charge is 0.123 e. The molecule has 4 nitrogen and oxygen atoms in total. The summed E-state index contributed by atoms with van der Waals surface area (Å²) in [5.41, 5.74) is 3.79. The molecule has 0 amide bonds. The van der Waals surface area contributed by atoms with Gasteiger partial charge in [-0.15, -0.1) is 0 Å². The fraction of sp³-hybridized carbons (Fsp3) is 0.591. The Bertz CT molecular complexity index is 816. The number of nitrogens with zero attached hydrogens (tertiary/aromatic N) is 3. The molecule has 1 aliphatic carbocycles. The van der Waals surface area contributed by atoms with Gasteiger partial charge in [-0.25, -0.2) is 9.07 Å². The van der Waals surface area contributed by atoms with E-state index in [0.29, 0.717) is 11.8 Å². The van der Waals surface area contributed by atoms with Gasteiger partial charge in [0.15, 0.2) is 0 Å². The summed E-state index contributed by atoms with van der Waals surface area (Å²) in [4.78, 5) is 2.49. The van der Waals surface area contributed by atoms with Crippen LogP contribution >= 0.6 is 0 Å². The molecule has 2 heterocycles. The molecule has 4 rings (SSSR count). The molecule has 27 heavy (non-hydrogen) atoms. The average molecular weight is 372 g/mol. The van der Waals surface area contributed by atoms with Gasteiger partial charge in [0.1, 0.15) is 5.82 Å². The van der Waals surface area contributed by atoms with Crippen LogP contribution in [0.25, 0.3) is 5.69 Å². The van der Waals surface area contributed by atoms with Gasteiger partial charge in [0.05, 0.1) is 17.0 Å².